The van der Waals surface area contributed by atoms with Crippen molar-refractivity contribution >= 4 is 11.8 Å². The summed E-state index contributed by atoms with van der Waals surface area (Å²) in [6.45, 7) is 0. The third kappa shape index (κ3) is 3.40. The Kier molecular flexibility index (Phi) is 4.03. The molecule has 1 nitrogen and oxygen atoms in total. The van der Waals surface area contributed by atoms with Gasteiger partial charge in [-0.05, 0) is 17.7 Å². The fourth-order valence-corrected chi connectivity index (χ4v) is 2.42. The summed E-state index contributed by atoms with van der Waals surface area (Å²) in [6.07, 6.45) is 0.681. The van der Waals surface area contributed by atoms with Crippen LogP contribution in [0, 0.1) is 0 Å². The zero-order chi connectivity index (χ0) is 11.2. The summed E-state index contributed by atoms with van der Waals surface area (Å²) in [5.41, 5.74) is 0.781. The fraction of sp³-hybridized carbons (Fsp3) is 0.143. The van der Waals surface area contributed by atoms with Crippen molar-refractivity contribution in [2.24, 2.45) is 0 Å². The van der Waals surface area contributed by atoms with Crippen molar-refractivity contribution in [3.63, 3.8) is 0 Å². The fourth-order valence-electron chi connectivity index (χ4n) is 1.51. The lowest BCUT2D eigenvalue weighted by Crippen LogP contribution is -2.04. The summed E-state index contributed by atoms with van der Waals surface area (Å²) in [6, 6.07) is 20.0. The second-order valence-electron chi connectivity index (χ2n) is 3.58. The maximum atomic E-state index is 9.92. The number of hydrogen-bond acceptors (Lipinski definition) is 2. The van der Waals surface area contributed by atoms with Crippen LogP contribution in [0.3, 0.4) is 0 Å². The van der Waals surface area contributed by atoms with Crippen LogP contribution in [-0.2, 0) is 6.42 Å². The van der Waals surface area contributed by atoms with Gasteiger partial charge in [0.25, 0.3) is 0 Å². The van der Waals surface area contributed by atoms with Gasteiger partial charge < -0.3 is 5.11 Å². The highest BCUT2D eigenvalue weighted by molar-refractivity contribution is 7.99. The van der Waals surface area contributed by atoms with Crippen molar-refractivity contribution in [3.05, 3.63) is 66.2 Å². The lowest BCUT2D eigenvalue weighted by atomic mass is 10.2. The van der Waals surface area contributed by atoms with E-state index in [0.717, 1.165) is 4.90 Å². The first kappa shape index (κ1) is 11.2. The molecule has 0 aliphatic heterocycles. The molecule has 0 saturated carbocycles. The van der Waals surface area contributed by atoms with Gasteiger partial charge >= 0.3 is 0 Å². The largest absolute Gasteiger partial charge is 0.382 e. The van der Waals surface area contributed by atoms with Crippen LogP contribution in [0.1, 0.15) is 5.56 Å². The molecule has 0 radical (unpaired) electrons. The average Bonchev–Trinajstić information content (AvgIpc) is 2.31. The molecule has 0 amide bonds. The van der Waals surface area contributed by atoms with E-state index >= 15 is 0 Å². The number of hydrogen-bond donors (Lipinski definition) is 1. The standard InChI is InChI=1S/C14H14OS/c15-14(11-12-7-3-1-4-8-12)16-13-9-5-2-6-10-13/h1-10,14-15H,11H2. The molecule has 0 fully saturated rings. The maximum Gasteiger partial charge on any atom is 0.108 e. The highest BCUT2D eigenvalue weighted by atomic mass is 32.2. The summed E-state index contributed by atoms with van der Waals surface area (Å²) in [4.78, 5) is 1.10. The third-order valence-electron chi connectivity index (χ3n) is 2.27. The first-order chi connectivity index (χ1) is 7.84. The first-order valence-corrected chi connectivity index (χ1v) is 6.16. The predicted octanol–water partition coefficient (Wildman–Crippen LogP) is 3.34. The average molecular weight is 230 g/mol. The molecule has 2 rings (SSSR count). The molecule has 2 aromatic carbocycles. The van der Waals surface area contributed by atoms with Crippen molar-refractivity contribution in [3.8, 4) is 0 Å². The molecular formula is C14H14OS. The van der Waals surface area contributed by atoms with Crippen LogP contribution in [0.15, 0.2) is 65.6 Å². The number of rotatable bonds is 4. The van der Waals surface area contributed by atoms with Crippen LogP contribution in [0.2, 0.25) is 0 Å². The van der Waals surface area contributed by atoms with Gasteiger partial charge in [-0.3, -0.25) is 0 Å². The number of benzene rings is 2. The van der Waals surface area contributed by atoms with Gasteiger partial charge in [0.15, 0.2) is 0 Å². The first-order valence-electron chi connectivity index (χ1n) is 5.28. The van der Waals surface area contributed by atoms with E-state index in [-0.39, 0.29) is 5.44 Å². The minimum atomic E-state index is -0.384. The molecule has 0 saturated heterocycles. The summed E-state index contributed by atoms with van der Waals surface area (Å²) < 4.78 is 0. The van der Waals surface area contributed by atoms with Gasteiger partial charge in [0.2, 0.25) is 0 Å². The van der Waals surface area contributed by atoms with Gasteiger partial charge in [0.05, 0.1) is 0 Å². The lowest BCUT2D eigenvalue weighted by molar-refractivity contribution is 0.264. The maximum absolute atomic E-state index is 9.92. The molecule has 0 heterocycles. The Hall–Kier alpha value is -1.25. The molecule has 1 atom stereocenters. The SMILES string of the molecule is OC(Cc1ccccc1)Sc1ccccc1. The van der Waals surface area contributed by atoms with E-state index < -0.39 is 0 Å². The summed E-state index contributed by atoms with van der Waals surface area (Å²) in [5.74, 6) is 0. The van der Waals surface area contributed by atoms with Crippen LogP contribution >= 0.6 is 11.8 Å². The van der Waals surface area contributed by atoms with Crippen molar-refractivity contribution in [2.45, 2.75) is 16.8 Å². The number of aliphatic hydroxyl groups excluding tert-OH is 1. The van der Waals surface area contributed by atoms with Gasteiger partial charge in [-0.1, -0.05) is 60.3 Å². The Morgan fingerprint density at radius 2 is 1.44 bits per heavy atom. The Labute approximate surface area is 100 Å². The minimum absolute atomic E-state index is 0.384. The van der Waals surface area contributed by atoms with Gasteiger partial charge in [0, 0.05) is 11.3 Å². The highest BCUT2D eigenvalue weighted by Gasteiger charge is 2.06. The molecule has 0 spiro atoms. The molecule has 0 aromatic heterocycles. The topological polar surface area (TPSA) is 20.2 Å². The zero-order valence-corrected chi connectivity index (χ0v) is 9.73. The van der Waals surface area contributed by atoms with Gasteiger partial charge in [-0.25, -0.2) is 0 Å². The molecule has 2 aromatic rings. The normalized spacial score (nSPS) is 12.3. The van der Waals surface area contributed by atoms with E-state index in [1.165, 1.54) is 17.3 Å². The summed E-state index contributed by atoms with van der Waals surface area (Å²) in [5, 5.41) is 9.92. The molecule has 0 aliphatic carbocycles. The second kappa shape index (κ2) is 5.73. The van der Waals surface area contributed by atoms with E-state index in [9.17, 15) is 5.11 Å². The monoisotopic (exact) mass is 230 g/mol. The van der Waals surface area contributed by atoms with E-state index in [4.69, 9.17) is 0 Å². The third-order valence-corrected chi connectivity index (χ3v) is 3.25. The summed E-state index contributed by atoms with van der Waals surface area (Å²) >= 11 is 1.49. The van der Waals surface area contributed by atoms with Crippen LogP contribution in [0.25, 0.3) is 0 Å². The highest BCUT2D eigenvalue weighted by Crippen LogP contribution is 2.23. The molecule has 2 heteroatoms. The molecule has 1 N–H and O–H groups in total. The molecule has 0 bridgehead atoms. The van der Waals surface area contributed by atoms with Crippen molar-refractivity contribution < 1.29 is 5.11 Å². The van der Waals surface area contributed by atoms with Crippen LogP contribution in [0.4, 0.5) is 0 Å². The van der Waals surface area contributed by atoms with Crippen molar-refractivity contribution in [2.75, 3.05) is 0 Å². The Balaban J connectivity index is 1.92. The molecule has 82 valence electrons. The number of aliphatic hydroxyl groups is 1. The lowest BCUT2D eigenvalue weighted by Gasteiger charge is -2.09. The van der Waals surface area contributed by atoms with Gasteiger partial charge in [-0.2, -0.15) is 0 Å². The van der Waals surface area contributed by atoms with Crippen molar-refractivity contribution in [1.29, 1.82) is 0 Å². The Morgan fingerprint density at radius 3 is 2.06 bits per heavy atom. The predicted molar refractivity (Wildman–Crippen MR) is 68.5 cm³/mol. The van der Waals surface area contributed by atoms with E-state index in [2.05, 4.69) is 0 Å². The summed E-state index contributed by atoms with van der Waals surface area (Å²) in [7, 11) is 0. The minimum Gasteiger partial charge on any atom is -0.382 e. The van der Waals surface area contributed by atoms with E-state index in [0.29, 0.717) is 6.42 Å². The quantitative estimate of drug-likeness (QED) is 0.642. The molecular weight excluding hydrogens is 216 g/mol. The van der Waals surface area contributed by atoms with Gasteiger partial charge in [0.1, 0.15) is 5.44 Å². The number of thioether (sulfide) groups is 1. The molecule has 0 aliphatic rings. The van der Waals surface area contributed by atoms with Crippen LogP contribution in [-0.4, -0.2) is 10.5 Å². The zero-order valence-electron chi connectivity index (χ0n) is 8.91. The van der Waals surface area contributed by atoms with Crippen LogP contribution in [0.5, 0.6) is 0 Å². The molecule has 16 heavy (non-hydrogen) atoms. The smallest absolute Gasteiger partial charge is 0.108 e. The van der Waals surface area contributed by atoms with E-state index in [1.54, 1.807) is 0 Å². The van der Waals surface area contributed by atoms with Crippen molar-refractivity contribution in [1.82, 2.24) is 0 Å². The Morgan fingerprint density at radius 1 is 0.875 bits per heavy atom. The molecule has 1 unspecified atom stereocenters. The van der Waals surface area contributed by atoms with Gasteiger partial charge in [-0.15, -0.1) is 0 Å². The van der Waals surface area contributed by atoms with Crippen LogP contribution < -0.4 is 0 Å². The second-order valence-corrected chi connectivity index (χ2v) is 4.83. The Bertz CT molecular complexity index is 372. The van der Waals surface area contributed by atoms with E-state index in [1.807, 2.05) is 60.7 Å².